The van der Waals surface area contributed by atoms with E-state index in [0.717, 1.165) is 33.5 Å². The molecular formula is C32H27FN6O2. The second-order valence-corrected chi connectivity index (χ2v) is 10.1. The number of nitrogens with one attached hydrogen (secondary N) is 1. The van der Waals surface area contributed by atoms with Crippen molar-refractivity contribution in [3.05, 3.63) is 114 Å². The first-order valence-electron chi connectivity index (χ1n) is 13.1. The highest BCUT2D eigenvalue weighted by molar-refractivity contribution is 6.14. The van der Waals surface area contributed by atoms with Gasteiger partial charge in [0.25, 0.3) is 5.91 Å². The predicted octanol–water partition coefficient (Wildman–Crippen LogP) is 6.33. The van der Waals surface area contributed by atoms with E-state index in [1.54, 1.807) is 44.8 Å². The Morgan fingerprint density at radius 3 is 2.39 bits per heavy atom. The van der Waals surface area contributed by atoms with Gasteiger partial charge >= 0.3 is 6.03 Å². The Morgan fingerprint density at radius 2 is 1.66 bits per heavy atom. The van der Waals surface area contributed by atoms with E-state index >= 15 is 0 Å². The normalized spacial score (nSPS) is 11.2. The number of rotatable bonds is 5. The van der Waals surface area contributed by atoms with Crippen LogP contribution in [-0.4, -0.2) is 50.0 Å². The average molecular weight is 547 g/mol. The monoisotopic (exact) mass is 546 g/mol. The van der Waals surface area contributed by atoms with Gasteiger partial charge in [0.2, 0.25) is 0 Å². The summed E-state index contributed by atoms with van der Waals surface area (Å²) in [5.74, 6) is 0.249. The van der Waals surface area contributed by atoms with E-state index < -0.39 is 0 Å². The average Bonchev–Trinajstić information content (AvgIpc) is 3.51. The quantitative estimate of drug-likeness (QED) is 0.274. The van der Waals surface area contributed by atoms with E-state index in [2.05, 4.69) is 19.9 Å². The molecule has 1 N–H and O–H groups in total. The van der Waals surface area contributed by atoms with Crippen molar-refractivity contribution in [1.82, 2.24) is 24.0 Å². The van der Waals surface area contributed by atoms with Crippen LogP contribution < -0.4 is 5.32 Å². The van der Waals surface area contributed by atoms with Crippen LogP contribution in [0.15, 0.2) is 91.4 Å². The molecule has 0 fully saturated rings. The summed E-state index contributed by atoms with van der Waals surface area (Å²) >= 11 is 0. The number of pyridine rings is 1. The van der Waals surface area contributed by atoms with Crippen LogP contribution in [0.5, 0.6) is 0 Å². The number of hydrogen-bond acceptors (Lipinski definition) is 4. The maximum atomic E-state index is 13.5. The number of aryl methyl sites for hydroxylation is 1. The molecule has 6 rings (SSSR count). The minimum Gasteiger partial charge on any atom is -0.330 e. The van der Waals surface area contributed by atoms with Crippen LogP contribution in [-0.2, 0) is 6.54 Å². The molecule has 0 aliphatic heterocycles. The van der Waals surface area contributed by atoms with Crippen LogP contribution in [0, 0.1) is 12.7 Å². The summed E-state index contributed by atoms with van der Waals surface area (Å²) in [4.78, 5) is 36.6. The number of carbonyl (C=O) groups excluding carboxylic acids is 2. The number of benzene rings is 3. The van der Waals surface area contributed by atoms with Gasteiger partial charge in [0.1, 0.15) is 17.2 Å². The topological polar surface area (TPSA) is 85.0 Å². The lowest BCUT2D eigenvalue weighted by molar-refractivity contribution is 0.102. The van der Waals surface area contributed by atoms with Crippen LogP contribution in [0.3, 0.4) is 0 Å². The second kappa shape index (κ2) is 10.3. The van der Waals surface area contributed by atoms with Crippen molar-refractivity contribution >= 4 is 39.6 Å². The van der Waals surface area contributed by atoms with E-state index in [9.17, 15) is 14.0 Å². The van der Waals surface area contributed by atoms with Gasteiger partial charge in [-0.25, -0.2) is 14.2 Å². The lowest BCUT2D eigenvalue weighted by Crippen LogP contribution is -2.26. The van der Waals surface area contributed by atoms with Crippen LogP contribution >= 0.6 is 0 Å². The molecule has 0 bridgehead atoms. The minimum absolute atomic E-state index is 0.284. The number of amides is 2. The Morgan fingerprint density at radius 1 is 0.927 bits per heavy atom. The predicted molar refractivity (Wildman–Crippen MR) is 158 cm³/mol. The van der Waals surface area contributed by atoms with Crippen LogP contribution in [0.1, 0.15) is 21.7 Å². The Bertz CT molecular complexity index is 1920. The molecule has 0 saturated heterocycles. The highest BCUT2D eigenvalue weighted by atomic mass is 19.1. The first-order chi connectivity index (χ1) is 19.8. The molecule has 0 aliphatic rings. The fraction of sp³-hybridized carbons (Fsp3) is 0.125. The molecule has 41 heavy (non-hydrogen) atoms. The standard InChI is InChI=1S/C32H27FN6O2/c1-20-35-28-17-34-15-14-29(28)38(20)18-21-4-11-25(12-5-21)36-31(40)27-19-39(32(41)37(2)3)30-16-23(8-13-26(27)30)22-6-9-24(33)10-7-22/h4-17,19H,18H2,1-3H3,(H,36,40). The third-order valence-electron chi connectivity index (χ3n) is 7.11. The van der Waals surface area contributed by atoms with Gasteiger partial charge in [-0.2, -0.15) is 0 Å². The second-order valence-electron chi connectivity index (χ2n) is 10.1. The van der Waals surface area contributed by atoms with E-state index in [4.69, 9.17) is 0 Å². The summed E-state index contributed by atoms with van der Waals surface area (Å²) in [5.41, 5.74) is 6.14. The zero-order chi connectivity index (χ0) is 28.7. The van der Waals surface area contributed by atoms with Gasteiger partial charge in [0.15, 0.2) is 0 Å². The number of fused-ring (bicyclic) bond motifs is 2. The molecule has 0 spiro atoms. The molecule has 0 saturated carbocycles. The lowest BCUT2D eigenvalue weighted by atomic mass is 10.0. The zero-order valence-electron chi connectivity index (χ0n) is 22.8. The molecule has 3 aromatic heterocycles. The summed E-state index contributed by atoms with van der Waals surface area (Å²) in [6.45, 7) is 2.60. The lowest BCUT2D eigenvalue weighted by Gasteiger charge is -2.12. The van der Waals surface area contributed by atoms with Crippen molar-refractivity contribution in [3.8, 4) is 11.1 Å². The van der Waals surface area contributed by atoms with Crippen molar-refractivity contribution in [2.24, 2.45) is 0 Å². The summed E-state index contributed by atoms with van der Waals surface area (Å²) in [7, 11) is 3.31. The van der Waals surface area contributed by atoms with E-state index in [-0.39, 0.29) is 17.8 Å². The summed E-state index contributed by atoms with van der Waals surface area (Å²) in [6, 6.07) is 21.0. The Balaban J connectivity index is 1.28. The van der Waals surface area contributed by atoms with Crippen molar-refractivity contribution in [2.45, 2.75) is 13.5 Å². The Labute approximate surface area is 235 Å². The summed E-state index contributed by atoms with van der Waals surface area (Å²) in [6.07, 6.45) is 5.07. The molecule has 6 aromatic rings. The largest absolute Gasteiger partial charge is 0.330 e. The number of nitrogens with zero attached hydrogens (tertiary/aromatic N) is 5. The molecule has 9 heteroatoms. The van der Waals surface area contributed by atoms with E-state index in [1.807, 2.05) is 55.5 Å². The number of halogens is 1. The fourth-order valence-electron chi connectivity index (χ4n) is 4.98. The van der Waals surface area contributed by atoms with Crippen molar-refractivity contribution in [3.63, 3.8) is 0 Å². The van der Waals surface area contributed by atoms with Gasteiger partial charge < -0.3 is 14.8 Å². The summed E-state index contributed by atoms with van der Waals surface area (Å²) < 4.78 is 17.1. The Hall–Kier alpha value is -5.31. The third-order valence-corrected chi connectivity index (χ3v) is 7.11. The van der Waals surface area contributed by atoms with Gasteiger partial charge in [0.05, 0.1) is 22.8 Å². The summed E-state index contributed by atoms with van der Waals surface area (Å²) in [5, 5.41) is 3.60. The molecule has 3 aromatic carbocycles. The van der Waals surface area contributed by atoms with Crippen LogP contribution in [0.2, 0.25) is 0 Å². The van der Waals surface area contributed by atoms with Gasteiger partial charge in [-0.05, 0) is 60.0 Å². The maximum Gasteiger partial charge on any atom is 0.328 e. The molecule has 2 amide bonds. The van der Waals surface area contributed by atoms with E-state index in [1.165, 1.54) is 21.6 Å². The number of aromatic nitrogens is 4. The van der Waals surface area contributed by atoms with Crippen molar-refractivity contribution in [2.75, 3.05) is 19.4 Å². The zero-order valence-corrected chi connectivity index (χ0v) is 22.8. The fourth-order valence-corrected chi connectivity index (χ4v) is 4.98. The number of carbonyl (C=O) groups is 2. The molecule has 0 aliphatic carbocycles. The molecular weight excluding hydrogens is 519 g/mol. The van der Waals surface area contributed by atoms with Gasteiger partial charge in [0, 0.05) is 44.1 Å². The molecule has 3 heterocycles. The molecule has 0 unspecified atom stereocenters. The SMILES string of the molecule is Cc1nc2cnccc2n1Cc1ccc(NC(=O)c2cn(C(=O)N(C)C)c3cc(-c4ccc(F)cc4)ccc23)cc1. The molecule has 0 radical (unpaired) electrons. The highest BCUT2D eigenvalue weighted by Crippen LogP contribution is 2.29. The van der Waals surface area contributed by atoms with Gasteiger partial charge in [-0.3, -0.25) is 14.3 Å². The molecule has 8 nitrogen and oxygen atoms in total. The van der Waals surface area contributed by atoms with Crippen LogP contribution in [0.4, 0.5) is 14.9 Å². The van der Waals surface area contributed by atoms with Gasteiger partial charge in [-0.1, -0.05) is 36.4 Å². The number of hydrogen-bond donors (Lipinski definition) is 1. The maximum absolute atomic E-state index is 13.5. The smallest absolute Gasteiger partial charge is 0.328 e. The molecule has 0 atom stereocenters. The minimum atomic E-state index is -0.327. The van der Waals surface area contributed by atoms with Gasteiger partial charge in [-0.15, -0.1) is 0 Å². The van der Waals surface area contributed by atoms with Crippen molar-refractivity contribution in [1.29, 1.82) is 0 Å². The number of imidazole rings is 1. The molecule has 204 valence electrons. The third kappa shape index (κ3) is 4.93. The number of anilines is 1. The van der Waals surface area contributed by atoms with Crippen molar-refractivity contribution < 1.29 is 14.0 Å². The first kappa shape index (κ1) is 25.9. The first-order valence-corrected chi connectivity index (χ1v) is 13.1. The van der Waals surface area contributed by atoms with Crippen LogP contribution in [0.25, 0.3) is 33.1 Å². The highest BCUT2D eigenvalue weighted by Gasteiger charge is 2.20. The van der Waals surface area contributed by atoms with E-state index in [0.29, 0.717) is 28.7 Å². The Kier molecular flexibility index (Phi) is 6.55.